The minimum absolute atomic E-state index is 0.0683. The first-order valence-corrected chi connectivity index (χ1v) is 9.86. The smallest absolute Gasteiger partial charge is 0.197 e. The van der Waals surface area contributed by atoms with Crippen LogP contribution in [0.5, 0.6) is 0 Å². The predicted octanol–water partition coefficient (Wildman–Crippen LogP) is 4.50. The zero-order chi connectivity index (χ0) is 17.1. The molecule has 0 bridgehead atoms. The summed E-state index contributed by atoms with van der Waals surface area (Å²) in [6.45, 7) is 2.19. The van der Waals surface area contributed by atoms with Gasteiger partial charge in [-0.2, -0.15) is 0 Å². The number of aliphatic hydroxyl groups is 2. The molecule has 132 valence electrons. The largest absolute Gasteiger partial charge is 0.504 e. The third-order valence-electron chi connectivity index (χ3n) is 7.74. The van der Waals surface area contributed by atoms with E-state index in [-0.39, 0.29) is 17.0 Å². The lowest BCUT2D eigenvalue weighted by Crippen LogP contribution is -2.54. The summed E-state index contributed by atoms with van der Waals surface area (Å²) < 4.78 is 0. The molecule has 2 N–H and O–H groups in total. The Hall–Kier alpha value is -0.800. The summed E-state index contributed by atoms with van der Waals surface area (Å²) in [5.41, 5.74) is 0.947. The molecule has 0 radical (unpaired) electrons. The first-order chi connectivity index (χ1) is 11.5. The molecule has 24 heavy (non-hydrogen) atoms. The van der Waals surface area contributed by atoms with Crippen LogP contribution in [0.15, 0.2) is 22.4 Å². The average molecular weight is 351 g/mol. The van der Waals surface area contributed by atoms with Gasteiger partial charge < -0.3 is 10.2 Å². The molecule has 0 aromatic heterocycles. The molecule has 0 saturated heterocycles. The topological polar surface area (TPSA) is 57.5 Å². The highest BCUT2D eigenvalue weighted by Crippen LogP contribution is 2.62. The van der Waals surface area contributed by atoms with Crippen molar-refractivity contribution >= 4 is 17.4 Å². The third-order valence-corrected chi connectivity index (χ3v) is 8.10. The number of fused-ring (bicyclic) bond motifs is 5. The van der Waals surface area contributed by atoms with E-state index in [1.54, 1.807) is 0 Å². The molecule has 2 fully saturated rings. The Kier molecular flexibility index (Phi) is 4.08. The highest BCUT2D eigenvalue weighted by molar-refractivity contribution is 6.30. The van der Waals surface area contributed by atoms with E-state index in [0.717, 1.165) is 50.5 Å². The fourth-order valence-electron chi connectivity index (χ4n) is 6.51. The number of aliphatic hydroxyl groups excluding tert-OH is 2. The van der Waals surface area contributed by atoms with Crippen molar-refractivity contribution in [1.29, 1.82) is 0 Å². The Morgan fingerprint density at radius 3 is 2.79 bits per heavy atom. The summed E-state index contributed by atoms with van der Waals surface area (Å²) >= 11 is 6.31. The van der Waals surface area contributed by atoms with E-state index in [4.69, 9.17) is 11.6 Å². The Labute approximate surface area is 148 Å². The SMILES string of the molecule is CCC12CC[C@H]3[C@@H](CCC4=C(O)C(=O)CC[C@@H]43)[C@@H]1CC=C(Cl)[C@@H]2O. The standard InChI is InChI=1S/C20H27ClO3/c1-2-20-10-9-12-11-5-8-17(22)18(23)14(11)4-3-13(12)15(20)6-7-16(21)19(20)24/h7,11-13,15,19,23-24H,2-6,8-10H2,1H3/t11-,12-,13-,15+,19+,20?/m1/s1. The summed E-state index contributed by atoms with van der Waals surface area (Å²) in [6, 6.07) is 0. The average Bonchev–Trinajstić information content (AvgIpc) is 2.60. The van der Waals surface area contributed by atoms with E-state index < -0.39 is 6.10 Å². The molecule has 4 rings (SSSR count). The van der Waals surface area contributed by atoms with Crippen LogP contribution in [0.25, 0.3) is 0 Å². The van der Waals surface area contributed by atoms with E-state index in [2.05, 4.69) is 6.92 Å². The van der Waals surface area contributed by atoms with Crippen molar-refractivity contribution in [1.82, 2.24) is 0 Å². The Morgan fingerprint density at radius 1 is 1.25 bits per heavy atom. The molecule has 4 heteroatoms. The minimum Gasteiger partial charge on any atom is -0.504 e. The molecule has 0 aromatic carbocycles. The summed E-state index contributed by atoms with van der Waals surface area (Å²) in [7, 11) is 0. The van der Waals surface area contributed by atoms with Gasteiger partial charge in [0.25, 0.3) is 0 Å². The number of ketones is 1. The maximum Gasteiger partial charge on any atom is 0.197 e. The van der Waals surface area contributed by atoms with Gasteiger partial charge in [0, 0.05) is 16.9 Å². The van der Waals surface area contributed by atoms with Crippen LogP contribution in [0.3, 0.4) is 0 Å². The molecule has 1 unspecified atom stereocenters. The van der Waals surface area contributed by atoms with Gasteiger partial charge in [0.2, 0.25) is 0 Å². The van der Waals surface area contributed by atoms with Gasteiger partial charge in [-0.3, -0.25) is 4.79 Å². The molecule has 2 saturated carbocycles. The van der Waals surface area contributed by atoms with Gasteiger partial charge in [0.15, 0.2) is 11.5 Å². The third kappa shape index (κ3) is 2.17. The molecular weight excluding hydrogens is 324 g/mol. The van der Waals surface area contributed by atoms with Crippen molar-refractivity contribution < 1.29 is 15.0 Å². The van der Waals surface area contributed by atoms with Crippen molar-refractivity contribution in [3.05, 3.63) is 22.4 Å². The summed E-state index contributed by atoms with van der Waals surface area (Å²) in [5.74, 6) is 1.97. The van der Waals surface area contributed by atoms with Crippen molar-refractivity contribution in [2.45, 2.75) is 64.4 Å². The number of Topliss-reactive ketones (excluding diaryl/α,β-unsaturated/α-hetero) is 1. The van der Waals surface area contributed by atoms with Gasteiger partial charge >= 0.3 is 0 Å². The second-order valence-corrected chi connectivity index (χ2v) is 8.70. The number of allylic oxidation sites excluding steroid dienone is 3. The van der Waals surface area contributed by atoms with Crippen LogP contribution >= 0.6 is 11.6 Å². The van der Waals surface area contributed by atoms with E-state index in [1.165, 1.54) is 0 Å². The van der Waals surface area contributed by atoms with Gasteiger partial charge in [0.1, 0.15) is 0 Å². The fraction of sp³-hybridized carbons (Fsp3) is 0.750. The maximum absolute atomic E-state index is 11.9. The zero-order valence-corrected chi connectivity index (χ0v) is 15.1. The van der Waals surface area contributed by atoms with Gasteiger partial charge in [0.05, 0.1) is 6.10 Å². The van der Waals surface area contributed by atoms with Gasteiger partial charge in [-0.1, -0.05) is 24.6 Å². The van der Waals surface area contributed by atoms with Crippen LogP contribution in [0.4, 0.5) is 0 Å². The second-order valence-electron chi connectivity index (χ2n) is 8.27. The fourth-order valence-corrected chi connectivity index (χ4v) is 6.82. The van der Waals surface area contributed by atoms with E-state index in [0.29, 0.717) is 35.1 Å². The lowest BCUT2D eigenvalue weighted by Gasteiger charge is -2.58. The summed E-state index contributed by atoms with van der Waals surface area (Å²) in [4.78, 5) is 11.9. The lowest BCUT2D eigenvalue weighted by atomic mass is 9.47. The van der Waals surface area contributed by atoms with Crippen molar-refractivity contribution in [2.75, 3.05) is 0 Å². The van der Waals surface area contributed by atoms with Crippen molar-refractivity contribution in [2.24, 2.45) is 29.1 Å². The van der Waals surface area contributed by atoms with Crippen LogP contribution in [0.1, 0.15) is 58.3 Å². The molecule has 0 heterocycles. The quantitative estimate of drug-likeness (QED) is 0.732. The number of hydrogen-bond acceptors (Lipinski definition) is 3. The number of halogens is 1. The van der Waals surface area contributed by atoms with Gasteiger partial charge in [-0.05, 0) is 74.2 Å². The van der Waals surface area contributed by atoms with Gasteiger partial charge in [-0.15, -0.1) is 0 Å². The monoisotopic (exact) mass is 350 g/mol. The Morgan fingerprint density at radius 2 is 2.04 bits per heavy atom. The molecular formula is C20H27ClO3. The van der Waals surface area contributed by atoms with Crippen molar-refractivity contribution in [3.63, 3.8) is 0 Å². The van der Waals surface area contributed by atoms with Crippen molar-refractivity contribution in [3.8, 4) is 0 Å². The normalized spacial score (nSPS) is 45.2. The molecule has 3 nitrogen and oxygen atoms in total. The maximum atomic E-state index is 11.9. The van der Waals surface area contributed by atoms with E-state index in [1.807, 2.05) is 6.08 Å². The number of rotatable bonds is 1. The molecule has 4 aliphatic carbocycles. The molecule has 6 atom stereocenters. The minimum atomic E-state index is -0.526. The highest BCUT2D eigenvalue weighted by atomic mass is 35.5. The Balaban J connectivity index is 1.69. The Bertz CT molecular complexity index is 622. The first-order valence-electron chi connectivity index (χ1n) is 9.48. The molecule has 0 spiro atoms. The summed E-state index contributed by atoms with van der Waals surface area (Å²) in [6.07, 6.45) is 8.75. The highest BCUT2D eigenvalue weighted by Gasteiger charge is 2.56. The molecule has 0 aliphatic heterocycles. The van der Waals surface area contributed by atoms with E-state index in [9.17, 15) is 15.0 Å². The summed E-state index contributed by atoms with van der Waals surface area (Å²) in [5, 5.41) is 21.7. The molecule has 4 aliphatic rings. The number of hydrogen-bond donors (Lipinski definition) is 2. The molecule has 0 aromatic rings. The first kappa shape index (κ1) is 16.7. The van der Waals surface area contributed by atoms with Crippen LogP contribution < -0.4 is 0 Å². The predicted molar refractivity (Wildman–Crippen MR) is 93.6 cm³/mol. The zero-order valence-electron chi connectivity index (χ0n) is 14.3. The van der Waals surface area contributed by atoms with E-state index >= 15 is 0 Å². The van der Waals surface area contributed by atoms with Gasteiger partial charge in [-0.25, -0.2) is 0 Å². The second kappa shape index (κ2) is 5.88. The van der Waals surface area contributed by atoms with Crippen LogP contribution in [0, 0.1) is 29.1 Å². The van der Waals surface area contributed by atoms with Crippen LogP contribution in [-0.4, -0.2) is 22.1 Å². The van der Waals surface area contributed by atoms with Crippen LogP contribution in [-0.2, 0) is 4.79 Å². The number of carbonyl (C=O) groups is 1. The molecule has 0 amide bonds. The number of carbonyl (C=O) groups excluding carboxylic acids is 1. The lowest BCUT2D eigenvalue weighted by molar-refractivity contribution is -0.121. The van der Waals surface area contributed by atoms with Crippen LogP contribution in [0.2, 0.25) is 0 Å².